The Kier molecular flexibility index (Phi) is 7.21. The number of hydrogen-bond donors (Lipinski definition) is 3. The highest BCUT2D eigenvalue weighted by Crippen LogP contribution is 2.67. The lowest BCUT2D eigenvalue weighted by Crippen LogP contribution is -2.56. The van der Waals surface area contributed by atoms with Gasteiger partial charge >= 0.3 is 19.9 Å². The molecule has 3 N–H and O–H groups in total. The molecule has 1 heterocycles. The van der Waals surface area contributed by atoms with Crippen molar-refractivity contribution >= 4 is 24.6 Å². The Hall–Kier alpha value is -2.81. The number of fused-ring (bicyclic) bond motifs is 1. The van der Waals surface area contributed by atoms with E-state index in [4.69, 9.17) is 9.26 Å². The van der Waals surface area contributed by atoms with Gasteiger partial charge in [0.15, 0.2) is 0 Å². The maximum absolute atomic E-state index is 14.7. The number of rotatable bonds is 8. The minimum atomic E-state index is -5.63. The quantitative estimate of drug-likeness (QED) is 0.351. The molecule has 11 heteroatoms. The smallest absolute Gasteiger partial charge is 0.427 e. The van der Waals surface area contributed by atoms with Gasteiger partial charge in [0.05, 0.1) is 6.10 Å². The number of para-hydroxylation sites is 1. The number of hydrogen-bond acceptors (Lipinski definition) is 4. The number of nitrogens with one attached hydrogen (secondary N) is 2. The highest BCUT2D eigenvalue weighted by atomic mass is 31.2. The Morgan fingerprint density at radius 1 is 1.15 bits per heavy atom. The fraction of sp³-hybridized carbons (Fsp3) is 0.318. The van der Waals surface area contributed by atoms with Gasteiger partial charge in [0.2, 0.25) is 0 Å². The number of alkyl carbamates (subject to hydrolysis) is 1. The van der Waals surface area contributed by atoms with Gasteiger partial charge < -0.3 is 19.1 Å². The lowest BCUT2D eigenvalue weighted by Gasteiger charge is -2.38. The fourth-order valence-corrected chi connectivity index (χ4v) is 5.19. The summed E-state index contributed by atoms with van der Waals surface area (Å²) in [5.41, 5.74) is 0.154. The molecule has 33 heavy (non-hydrogen) atoms. The SMILES string of the molecule is CCC(C)OP(=O)(O)C(NC(=O)OCc1ccccc1)(c1c[nH]c2ccccc12)C(F)(F)F. The summed E-state index contributed by atoms with van der Waals surface area (Å²) < 4.78 is 67.6. The summed E-state index contributed by atoms with van der Waals surface area (Å²) in [6.45, 7) is 2.62. The highest BCUT2D eigenvalue weighted by molar-refractivity contribution is 7.54. The van der Waals surface area contributed by atoms with Crippen LogP contribution in [0.4, 0.5) is 18.0 Å². The van der Waals surface area contributed by atoms with E-state index < -0.39 is 36.8 Å². The van der Waals surface area contributed by atoms with Crippen molar-refractivity contribution in [2.45, 2.75) is 44.4 Å². The molecule has 3 atom stereocenters. The summed E-state index contributed by atoms with van der Waals surface area (Å²) in [5.74, 6) is 0. The number of benzene rings is 2. The third-order valence-corrected chi connectivity index (χ3v) is 7.31. The van der Waals surface area contributed by atoms with Crippen LogP contribution in [0.25, 0.3) is 10.9 Å². The van der Waals surface area contributed by atoms with Crippen molar-refractivity contribution in [3.05, 3.63) is 71.9 Å². The molecule has 1 aromatic heterocycles. The van der Waals surface area contributed by atoms with E-state index in [0.29, 0.717) is 5.56 Å². The van der Waals surface area contributed by atoms with Gasteiger partial charge in [0.25, 0.3) is 5.28 Å². The van der Waals surface area contributed by atoms with Crippen molar-refractivity contribution in [1.82, 2.24) is 10.3 Å². The second-order valence-electron chi connectivity index (χ2n) is 7.49. The molecular weight excluding hydrogens is 460 g/mol. The van der Waals surface area contributed by atoms with Crippen molar-refractivity contribution in [1.29, 1.82) is 0 Å². The first-order valence-electron chi connectivity index (χ1n) is 10.1. The number of ether oxygens (including phenoxy) is 1. The third kappa shape index (κ3) is 4.93. The van der Waals surface area contributed by atoms with E-state index in [1.807, 2.05) is 0 Å². The topological polar surface area (TPSA) is 101 Å². The molecule has 3 rings (SSSR count). The average molecular weight is 484 g/mol. The van der Waals surface area contributed by atoms with Gasteiger partial charge in [-0.3, -0.25) is 9.88 Å². The average Bonchev–Trinajstić information content (AvgIpc) is 3.19. The van der Waals surface area contributed by atoms with E-state index in [0.717, 1.165) is 6.20 Å². The van der Waals surface area contributed by atoms with Gasteiger partial charge in [-0.15, -0.1) is 0 Å². The lowest BCUT2D eigenvalue weighted by molar-refractivity contribution is -0.177. The van der Waals surface area contributed by atoms with Gasteiger partial charge in [-0.1, -0.05) is 55.5 Å². The number of alkyl halides is 3. The van der Waals surface area contributed by atoms with Crippen LogP contribution in [0.3, 0.4) is 0 Å². The second kappa shape index (κ2) is 9.59. The van der Waals surface area contributed by atoms with Gasteiger partial charge in [-0.2, -0.15) is 13.2 Å². The third-order valence-electron chi connectivity index (χ3n) is 5.21. The molecule has 1 amide bonds. The number of halogens is 3. The number of aromatic amines is 1. The molecule has 0 aliphatic heterocycles. The molecule has 0 saturated heterocycles. The Bertz CT molecular complexity index is 1150. The number of H-pyrrole nitrogens is 1. The zero-order valence-electron chi connectivity index (χ0n) is 17.9. The standard InChI is InChI=1S/C22H24F3N2O5P/c1-3-15(2)32-33(29,30)21(22(23,24)25,18-13-26-19-12-8-7-11-17(18)19)27-20(28)31-14-16-9-5-4-6-10-16/h4-13,15,26H,3,14H2,1-2H3,(H,27,28)(H,29,30). The summed E-state index contributed by atoms with van der Waals surface area (Å²) in [5, 5.41) is -2.12. The summed E-state index contributed by atoms with van der Waals surface area (Å²) in [7, 11) is -5.63. The summed E-state index contributed by atoms with van der Waals surface area (Å²) in [6, 6.07) is 14.2. The van der Waals surface area contributed by atoms with Gasteiger partial charge in [0.1, 0.15) is 6.61 Å². The molecule has 7 nitrogen and oxygen atoms in total. The molecule has 0 saturated carbocycles. The Morgan fingerprint density at radius 2 is 1.79 bits per heavy atom. The van der Waals surface area contributed by atoms with Crippen molar-refractivity contribution in [3.63, 3.8) is 0 Å². The molecule has 0 aliphatic carbocycles. The van der Waals surface area contributed by atoms with E-state index in [9.17, 15) is 27.4 Å². The molecule has 0 radical (unpaired) electrons. The molecular formula is C22H24F3N2O5P. The second-order valence-corrected chi connectivity index (χ2v) is 9.41. The zero-order valence-corrected chi connectivity index (χ0v) is 18.8. The molecule has 0 fully saturated rings. The first-order valence-corrected chi connectivity index (χ1v) is 11.7. The molecule has 3 aromatic rings. The van der Waals surface area contributed by atoms with Crippen LogP contribution < -0.4 is 5.32 Å². The Morgan fingerprint density at radius 3 is 2.42 bits per heavy atom. The monoisotopic (exact) mass is 484 g/mol. The predicted molar refractivity (Wildman–Crippen MR) is 116 cm³/mol. The van der Waals surface area contributed by atoms with Crippen LogP contribution >= 0.6 is 7.60 Å². The van der Waals surface area contributed by atoms with Crippen LogP contribution in [-0.4, -0.2) is 28.3 Å². The minimum Gasteiger partial charge on any atom is -0.445 e. The molecule has 0 bridgehead atoms. The molecule has 2 aromatic carbocycles. The van der Waals surface area contributed by atoms with E-state index in [-0.39, 0.29) is 23.9 Å². The van der Waals surface area contributed by atoms with Crippen molar-refractivity contribution in [2.75, 3.05) is 0 Å². The maximum Gasteiger partial charge on any atom is 0.427 e. The summed E-state index contributed by atoms with van der Waals surface area (Å²) in [6.07, 6.45) is -6.83. The van der Waals surface area contributed by atoms with Crippen LogP contribution in [-0.2, 0) is 25.7 Å². The molecule has 3 unspecified atom stereocenters. The Balaban J connectivity index is 2.11. The van der Waals surface area contributed by atoms with Gasteiger partial charge in [-0.25, -0.2) is 4.79 Å². The predicted octanol–water partition coefficient (Wildman–Crippen LogP) is 5.81. The zero-order chi connectivity index (χ0) is 24.3. The number of aromatic nitrogens is 1. The maximum atomic E-state index is 14.7. The largest absolute Gasteiger partial charge is 0.445 e. The fourth-order valence-electron chi connectivity index (χ4n) is 3.35. The van der Waals surface area contributed by atoms with Crippen LogP contribution in [0.2, 0.25) is 0 Å². The molecule has 178 valence electrons. The first-order chi connectivity index (χ1) is 15.5. The van der Waals surface area contributed by atoms with Gasteiger partial charge in [0, 0.05) is 22.7 Å². The number of carbonyl (C=O) groups excluding carboxylic acids is 1. The Labute approximate surface area is 188 Å². The number of carbonyl (C=O) groups is 1. The lowest BCUT2D eigenvalue weighted by atomic mass is 10.0. The van der Waals surface area contributed by atoms with Crippen molar-refractivity contribution in [2.24, 2.45) is 0 Å². The minimum absolute atomic E-state index is 0.000195. The molecule has 0 aliphatic rings. The first kappa shape index (κ1) is 24.8. The van der Waals surface area contributed by atoms with Crippen LogP contribution in [0.1, 0.15) is 31.4 Å². The highest BCUT2D eigenvalue weighted by Gasteiger charge is 2.70. The van der Waals surface area contributed by atoms with E-state index >= 15 is 0 Å². The van der Waals surface area contributed by atoms with Crippen LogP contribution in [0.5, 0.6) is 0 Å². The number of amides is 1. The summed E-state index contributed by atoms with van der Waals surface area (Å²) >= 11 is 0. The van der Waals surface area contributed by atoms with Crippen LogP contribution in [0.15, 0.2) is 60.8 Å². The van der Waals surface area contributed by atoms with E-state index in [1.165, 1.54) is 25.1 Å². The summed E-state index contributed by atoms with van der Waals surface area (Å²) in [4.78, 5) is 26.0. The van der Waals surface area contributed by atoms with Crippen molar-refractivity contribution < 1.29 is 36.7 Å². The molecule has 0 spiro atoms. The van der Waals surface area contributed by atoms with E-state index in [1.54, 1.807) is 48.6 Å². The van der Waals surface area contributed by atoms with Crippen LogP contribution in [0, 0.1) is 0 Å². The van der Waals surface area contributed by atoms with Gasteiger partial charge in [-0.05, 0) is 25.0 Å². The van der Waals surface area contributed by atoms with Crippen molar-refractivity contribution in [3.8, 4) is 0 Å². The van der Waals surface area contributed by atoms with E-state index in [2.05, 4.69) is 4.98 Å². The normalized spacial score (nSPS) is 16.5.